The van der Waals surface area contributed by atoms with Crippen LogP contribution in [0.4, 0.5) is 0 Å². The Morgan fingerprint density at radius 3 is 2.38 bits per heavy atom. The van der Waals surface area contributed by atoms with Crippen molar-refractivity contribution >= 4 is 11.6 Å². The predicted octanol–water partition coefficient (Wildman–Crippen LogP) is 0.948. The van der Waals surface area contributed by atoms with Gasteiger partial charge in [0, 0.05) is 0 Å². The Bertz CT molecular complexity index is 829. The molecule has 29 heavy (non-hydrogen) atoms. The third-order valence-electron chi connectivity index (χ3n) is 5.05. The van der Waals surface area contributed by atoms with Gasteiger partial charge in [0.1, 0.15) is 30.2 Å². The Morgan fingerprint density at radius 2 is 1.76 bits per heavy atom. The van der Waals surface area contributed by atoms with Crippen molar-refractivity contribution in [3.8, 4) is 5.75 Å². The number of hydrogen-bond acceptors (Lipinski definition) is 7. The highest BCUT2D eigenvalue weighted by Gasteiger charge is 2.55. The molecular formula is C21H25ClO7. The summed E-state index contributed by atoms with van der Waals surface area (Å²) in [5.74, 6) is -2.34. The van der Waals surface area contributed by atoms with Crippen LogP contribution in [0.15, 0.2) is 42.5 Å². The van der Waals surface area contributed by atoms with Crippen molar-refractivity contribution in [2.24, 2.45) is 0 Å². The maximum Gasteiger partial charge on any atom is 0.227 e. The molecule has 2 aromatic rings. The predicted molar refractivity (Wildman–Crippen MR) is 106 cm³/mol. The van der Waals surface area contributed by atoms with Crippen LogP contribution in [0.3, 0.4) is 0 Å². The minimum absolute atomic E-state index is 0.0636. The molecule has 0 aromatic heterocycles. The second kappa shape index (κ2) is 8.97. The van der Waals surface area contributed by atoms with Crippen molar-refractivity contribution in [2.75, 3.05) is 13.2 Å². The molecule has 5 N–H and O–H groups in total. The smallest absolute Gasteiger partial charge is 0.227 e. The van der Waals surface area contributed by atoms with Crippen molar-refractivity contribution in [3.63, 3.8) is 0 Å². The summed E-state index contributed by atoms with van der Waals surface area (Å²) in [5, 5.41) is 51.6. The lowest BCUT2D eigenvalue weighted by atomic mass is 9.86. The molecule has 0 aliphatic carbocycles. The second-order valence-electron chi connectivity index (χ2n) is 6.97. The van der Waals surface area contributed by atoms with Crippen LogP contribution in [0, 0.1) is 0 Å². The highest BCUT2D eigenvalue weighted by Crippen LogP contribution is 2.45. The van der Waals surface area contributed by atoms with Gasteiger partial charge in [0.05, 0.1) is 23.8 Å². The number of hydrogen-bond donors (Lipinski definition) is 5. The normalized spacial score (nSPS) is 29.6. The lowest BCUT2D eigenvalue weighted by Gasteiger charge is -2.46. The molecule has 1 unspecified atom stereocenters. The van der Waals surface area contributed by atoms with Crippen LogP contribution in [-0.2, 0) is 16.9 Å². The molecular weight excluding hydrogens is 400 g/mol. The summed E-state index contributed by atoms with van der Waals surface area (Å²) in [6.07, 6.45) is -6.17. The highest BCUT2D eigenvalue weighted by atomic mass is 35.5. The van der Waals surface area contributed by atoms with E-state index in [9.17, 15) is 25.5 Å². The summed E-state index contributed by atoms with van der Waals surface area (Å²) in [4.78, 5) is 0. The van der Waals surface area contributed by atoms with Gasteiger partial charge in [0.2, 0.25) is 5.79 Å². The molecule has 1 aliphatic heterocycles. The van der Waals surface area contributed by atoms with E-state index in [1.54, 1.807) is 19.1 Å². The minimum atomic E-state index is -2.50. The topological polar surface area (TPSA) is 120 Å². The van der Waals surface area contributed by atoms with Gasteiger partial charge >= 0.3 is 0 Å². The molecule has 1 heterocycles. The van der Waals surface area contributed by atoms with Gasteiger partial charge < -0.3 is 35.0 Å². The van der Waals surface area contributed by atoms with Gasteiger partial charge in [0.15, 0.2) is 0 Å². The van der Waals surface area contributed by atoms with Crippen LogP contribution < -0.4 is 4.74 Å². The first-order valence-corrected chi connectivity index (χ1v) is 9.75. The monoisotopic (exact) mass is 424 g/mol. The summed E-state index contributed by atoms with van der Waals surface area (Å²) in [5.41, 5.74) is 1.55. The van der Waals surface area contributed by atoms with E-state index in [1.165, 1.54) is 0 Å². The highest BCUT2D eigenvalue weighted by molar-refractivity contribution is 6.32. The molecule has 1 fully saturated rings. The number of ether oxygens (including phenoxy) is 2. The van der Waals surface area contributed by atoms with Crippen molar-refractivity contribution in [1.82, 2.24) is 0 Å². The molecule has 0 saturated carbocycles. The third kappa shape index (κ3) is 4.13. The molecule has 158 valence electrons. The van der Waals surface area contributed by atoms with Gasteiger partial charge in [-0.15, -0.1) is 0 Å². The zero-order valence-corrected chi connectivity index (χ0v) is 16.7. The SMILES string of the molecule is CCOc1ccc(Cc2ccccc2)c(Cl)c1C1(O)O[C@H](CO)[C@@H](O)[C@H](O)[C@H]1O. The molecule has 1 saturated heterocycles. The molecule has 3 rings (SSSR count). The second-order valence-corrected chi connectivity index (χ2v) is 7.35. The van der Waals surface area contributed by atoms with Crippen molar-refractivity contribution in [2.45, 2.75) is 43.5 Å². The molecule has 2 aromatic carbocycles. The van der Waals surface area contributed by atoms with E-state index in [2.05, 4.69) is 0 Å². The fourth-order valence-electron chi connectivity index (χ4n) is 3.52. The zero-order chi connectivity index (χ0) is 21.2. The summed E-state index contributed by atoms with van der Waals surface area (Å²) >= 11 is 6.63. The number of rotatable bonds is 6. The van der Waals surface area contributed by atoms with Crippen molar-refractivity contribution in [3.05, 3.63) is 64.2 Å². The van der Waals surface area contributed by atoms with Crippen molar-refractivity contribution in [1.29, 1.82) is 0 Å². The average Bonchev–Trinajstić information content (AvgIpc) is 2.72. The van der Waals surface area contributed by atoms with E-state index < -0.39 is 36.8 Å². The summed E-state index contributed by atoms with van der Waals surface area (Å²) < 4.78 is 11.0. The molecule has 0 amide bonds. The fraction of sp³-hybridized carbons (Fsp3) is 0.429. The first kappa shape index (κ1) is 22.0. The van der Waals surface area contributed by atoms with E-state index in [0.717, 1.165) is 5.56 Å². The van der Waals surface area contributed by atoms with Crippen LogP contribution >= 0.6 is 11.6 Å². The quantitative estimate of drug-likeness (QED) is 0.468. The van der Waals surface area contributed by atoms with E-state index >= 15 is 0 Å². The molecule has 8 heteroatoms. The number of halogens is 1. The first-order chi connectivity index (χ1) is 13.8. The summed E-state index contributed by atoms with van der Waals surface area (Å²) in [7, 11) is 0. The molecule has 1 aliphatic rings. The maximum absolute atomic E-state index is 11.3. The molecule has 7 nitrogen and oxygen atoms in total. The van der Waals surface area contributed by atoms with Crippen LogP contribution in [0.1, 0.15) is 23.6 Å². The minimum Gasteiger partial charge on any atom is -0.493 e. The lowest BCUT2D eigenvalue weighted by Crippen LogP contribution is -2.63. The largest absolute Gasteiger partial charge is 0.493 e. The van der Waals surface area contributed by atoms with Crippen molar-refractivity contribution < 1.29 is 35.0 Å². The van der Waals surface area contributed by atoms with Gasteiger partial charge in [-0.05, 0) is 30.5 Å². The summed E-state index contributed by atoms with van der Waals surface area (Å²) in [6.45, 7) is 1.31. The van der Waals surface area contributed by atoms with Crippen LogP contribution in [-0.4, -0.2) is 63.2 Å². The van der Waals surface area contributed by atoms with Crippen LogP contribution in [0.5, 0.6) is 5.75 Å². The van der Waals surface area contributed by atoms with Gasteiger partial charge in [-0.1, -0.05) is 48.0 Å². The van der Waals surface area contributed by atoms with Gasteiger partial charge in [0.25, 0.3) is 0 Å². The maximum atomic E-state index is 11.3. The van der Waals surface area contributed by atoms with E-state index in [-0.39, 0.29) is 22.9 Å². The van der Waals surface area contributed by atoms with E-state index in [1.807, 2.05) is 30.3 Å². The lowest BCUT2D eigenvalue weighted by molar-refractivity contribution is -0.358. The fourth-order valence-corrected chi connectivity index (χ4v) is 3.88. The Hall–Kier alpha value is -1.71. The number of aliphatic hydroxyl groups is 5. The number of benzene rings is 2. The van der Waals surface area contributed by atoms with Crippen LogP contribution in [0.25, 0.3) is 0 Å². The third-order valence-corrected chi connectivity index (χ3v) is 5.48. The van der Waals surface area contributed by atoms with Crippen LogP contribution in [0.2, 0.25) is 5.02 Å². The standard InChI is InChI=1S/C21H25ClO7/c1-2-28-14-9-8-13(10-12-6-4-3-5-7-12)17(22)16(14)21(27)20(26)19(25)18(24)15(11-23)29-21/h3-9,15,18-20,23-27H,2,10-11H2,1H3/t15-,18-,19+,20-,21?/m1/s1. The van der Waals surface area contributed by atoms with Gasteiger partial charge in [-0.3, -0.25) is 0 Å². The summed E-state index contributed by atoms with van der Waals surface area (Å²) in [6, 6.07) is 12.9. The van der Waals surface area contributed by atoms with E-state index in [0.29, 0.717) is 12.0 Å². The van der Waals surface area contributed by atoms with Gasteiger partial charge in [-0.25, -0.2) is 0 Å². The zero-order valence-electron chi connectivity index (χ0n) is 15.9. The Balaban J connectivity index is 2.11. The average molecular weight is 425 g/mol. The number of aliphatic hydroxyl groups excluding tert-OH is 4. The molecule has 5 atom stereocenters. The first-order valence-electron chi connectivity index (χ1n) is 9.37. The van der Waals surface area contributed by atoms with E-state index in [4.69, 9.17) is 21.1 Å². The Kier molecular flexibility index (Phi) is 6.80. The molecule has 0 spiro atoms. The molecule has 0 bridgehead atoms. The molecule has 0 radical (unpaired) electrons. The van der Waals surface area contributed by atoms with Gasteiger partial charge in [-0.2, -0.15) is 0 Å². The Morgan fingerprint density at radius 1 is 1.07 bits per heavy atom. The Labute approximate surface area is 173 Å².